The van der Waals surface area contributed by atoms with Crippen molar-refractivity contribution in [3.05, 3.63) is 48.0 Å². The first kappa shape index (κ1) is 26.6. The van der Waals surface area contributed by atoms with Gasteiger partial charge >= 0.3 is 11.9 Å². The monoisotopic (exact) mass is 456 g/mol. The number of carbonyl (C=O) groups is 2. The summed E-state index contributed by atoms with van der Waals surface area (Å²) in [6.07, 6.45) is 18.3. The molecular weight excluding hydrogens is 416 g/mol. The lowest BCUT2D eigenvalue weighted by Crippen LogP contribution is -2.18. The van der Waals surface area contributed by atoms with Crippen LogP contribution < -0.4 is 0 Å². The zero-order chi connectivity index (χ0) is 23.7. The molecule has 1 aromatic heterocycles. The molecule has 0 spiro atoms. The summed E-state index contributed by atoms with van der Waals surface area (Å²) in [7, 11) is 0. The lowest BCUT2D eigenvalue weighted by Gasteiger charge is -2.14. The SMILES string of the molecule is CCCCCCCCOC(=O)c1cccc(-n2ccnc2)c1C(=O)OCCCCCCCC. The Hall–Kier alpha value is -2.63. The predicted octanol–water partition coefficient (Wildman–Crippen LogP) is 6.91. The Kier molecular flexibility index (Phi) is 13.0. The molecule has 0 fully saturated rings. The number of imidazole rings is 1. The van der Waals surface area contributed by atoms with E-state index in [4.69, 9.17) is 9.47 Å². The topological polar surface area (TPSA) is 70.4 Å². The van der Waals surface area contributed by atoms with Crippen molar-refractivity contribution in [2.75, 3.05) is 13.2 Å². The van der Waals surface area contributed by atoms with Crippen molar-refractivity contribution >= 4 is 11.9 Å². The van der Waals surface area contributed by atoms with Crippen LogP contribution in [0.2, 0.25) is 0 Å². The third-order valence-corrected chi connectivity index (χ3v) is 5.71. The van der Waals surface area contributed by atoms with Crippen molar-refractivity contribution in [2.24, 2.45) is 0 Å². The first-order chi connectivity index (χ1) is 16.2. The molecule has 0 aliphatic heterocycles. The third-order valence-electron chi connectivity index (χ3n) is 5.71. The van der Waals surface area contributed by atoms with E-state index in [2.05, 4.69) is 18.8 Å². The summed E-state index contributed by atoms with van der Waals surface area (Å²) < 4.78 is 12.8. The Balaban J connectivity index is 2.00. The normalized spacial score (nSPS) is 10.8. The smallest absolute Gasteiger partial charge is 0.341 e. The fourth-order valence-corrected chi connectivity index (χ4v) is 3.79. The molecule has 0 aliphatic rings. The van der Waals surface area contributed by atoms with E-state index in [1.54, 1.807) is 41.5 Å². The molecule has 6 nitrogen and oxygen atoms in total. The largest absolute Gasteiger partial charge is 0.462 e. The molecule has 0 saturated carbocycles. The molecule has 0 saturated heterocycles. The van der Waals surface area contributed by atoms with Crippen molar-refractivity contribution < 1.29 is 19.1 Å². The van der Waals surface area contributed by atoms with Crippen LogP contribution in [0.3, 0.4) is 0 Å². The molecule has 2 aromatic rings. The fourth-order valence-electron chi connectivity index (χ4n) is 3.79. The molecule has 0 bridgehead atoms. The number of unbranched alkanes of at least 4 members (excludes halogenated alkanes) is 10. The van der Waals surface area contributed by atoms with Crippen LogP contribution in [0.15, 0.2) is 36.9 Å². The van der Waals surface area contributed by atoms with Gasteiger partial charge in [0.1, 0.15) is 0 Å². The van der Waals surface area contributed by atoms with Gasteiger partial charge in [0.15, 0.2) is 0 Å². The highest BCUT2D eigenvalue weighted by Crippen LogP contribution is 2.22. The molecule has 1 aromatic carbocycles. The van der Waals surface area contributed by atoms with Crippen molar-refractivity contribution in [1.82, 2.24) is 9.55 Å². The lowest BCUT2D eigenvalue weighted by molar-refractivity contribution is 0.0450. The highest BCUT2D eigenvalue weighted by atomic mass is 16.5. The van der Waals surface area contributed by atoms with Gasteiger partial charge in [0.25, 0.3) is 0 Å². The summed E-state index contributed by atoms with van der Waals surface area (Å²) in [6.45, 7) is 5.08. The summed E-state index contributed by atoms with van der Waals surface area (Å²) in [5.41, 5.74) is 1.03. The number of nitrogens with zero attached hydrogens (tertiary/aromatic N) is 2. The van der Waals surface area contributed by atoms with E-state index in [1.165, 1.54) is 38.5 Å². The minimum Gasteiger partial charge on any atom is -0.462 e. The summed E-state index contributed by atoms with van der Waals surface area (Å²) in [4.78, 5) is 30.0. The molecule has 0 radical (unpaired) electrons. The summed E-state index contributed by atoms with van der Waals surface area (Å²) in [5.74, 6) is -0.989. The first-order valence-corrected chi connectivity index (χ1v) is 12.6. The quantitative estimate of drug-likeness (QED) is 0.191. The van der Waals surface area contributed by atoms with Crippen LogP contribution >= 0.6 is 0 Å². The van der Waals surface area contributed by atoms with Gasteiger partial charge in [0.2, 0.25) is 0 Å². The second-order valence-electron chi connectivity index (χ2n) is 8.48. The van der Waals surface area contributed by atoms with E-state index >= 15 is 0 Å². The van der Waals surface area contributed by atoms with Crippen LogP contribution in [0.1, 0.15) is 112 Å². The molecule has 6 heteroatoms. The number of benzene rings is 1. The number of rotatable bonds is 17. The first-order valence-electron chi connectivity index (χ1n) is 12.6. The van der Waals surface area contributed by atoms with Gasteiger partial charge in [0, 0.05) is 12.4 Å². The van der Waals surface area contributed by atoms with Crippen LogP contribution in [0.4, 0.5) is 0 Å². The van der Waals surface area contributed by atoms with Crippen LogP contribution in [-0.4, -0.2) is 34.7 Å². The Morgan fingerprint density at radius 3 is 1.94 bits per heavy atom. The van der Waals surface area contributed by atoms with E-state index in [9.17, 15) is 9.59 Å². The number of carbonyl (C=O) groups excluding carboxylic acids is 2. The van der Waals surface area contributed by atoms with Crippen molar-refractivity contribution in [3.63, 3.8) is 0 Å². The summed E-state index contributed by atoms with van der Waals surface area (Å²) >= 11 is 0. The Morgan fingerprint density at radius 1 is 0.788 bits per heavy atom. The van der Waals surface area contributed by atoms with E-state index in [0.29, 0.717) is 18.9 Å². The molecule has 0 amide bonds. The number of ether oxygens (including phenoxy) is 2. The van der Waals surface area contributed by atoms with Crippen molar-refractivity contribution in [1.29, 1.82) is 0 Å². The maximum atomic E-state index is 13.0. The van der Waals surface area contributed by atoms with Crippen molar-refractivity contribution in [2.45, 2.75) is 90.9 Å². The number of hydrogen-bond donors (Lipinski definition) is 0. The van der Waals surface area contributed by atoms with Crippen LogP contribution in [0, 0.1) is 0 Å². The van der Waals surface area contributed by atoms with E-state index < -0.39 is 11.9 Å². The van der Waals surface area contributed by atoms with E-state index in [1.807, 2.05) is 0 Å². The maximum Gasteiger partial charge on any atom is 0.341 e. The third kappa shape index (κ3) is 9.40. The van der Waals surface area contributed by atoms with E-state index in [0.717, 1.165) is 38.5 Å². The Morgan fingerprint density at radius 2 is 1.36 bits per heavy atom. The van der Waals surface area contributed by atoms with Gasteiger partial charge in [-0.15, -0.1) is 0 Å². The van der Waals surface area contributed by atoms with Gasteiger partial charge in [0.05, 0.1) is 36.4 Å². The molecule has 33 heavy (non-hydrogen) atoms. The average Bonchev–Trinajstić information content (AvgIpc) is 3.37. The minimum atomic E-state index is -0.501. The molecule has 0 atom stereocenters. The standard InChI is InChI=1S/C27H40N2O4/c1-3-5-7-9-11-13-20-32-26(30)23-16-15-17-24(29-19-18-28-22-29)25(23)27(31)33-21-14-12-10-8-6-4-2/h15-19,22H,3-14,20-21H2,1-2H3. The van der Waals surface area contributed by atoms with Crippen LogP contribution in [0.25, 0.3) is 5.69 Å². The fraction of sp³-hybridized carbons (Fsp3) is 0.593. The highest BCUT2D eigenvalue weighted by Gasteiger charge is 2.24. The molecule has 182 valence electrons. The minimum absolute atomic E-state index is 0.231. The lowest BCUT2D eigenvalue weighted by atomic mass is 10.0. The predicted molar refractivity (Wildman–Crippen MR) is 131 cm³/mol. The van der Waals surface area contributed by atoms with Crippen LogP contribution in [0.5, 0.6) is 0 Å². The van der Waals surface area contributed by atoms with Gasteiger partial charge in [-0.05, 0) is 25.0 Å². The van der Waals surface area contributed by atoms with Gasteiger partial charge in [-0.1, -0.05) is 84.1 Å². The Bertz CT molecular complexity index is 818. The second kappa shape index (κ2) is 16.1. The molecule has 1 heterocycles. The molecule has 0 N–H and O–H groups in total. The van der Waals surface area contributed by atoms with Gasteiger partial charge in [-0.3, -0.25) is 0 Å². The average molecular weight is 457 g/mol. The number of hydrogen-bond acceptors (Lipinski definition) is 5. The van der Waals surface area contributed by atoms with E-state index in [-0.39, 0.29) is 11.1 Å². The van der Waals surface area contributed by atoms with Gasteiger partial charge in [-0.2, -0.15) is 0 Å². The summed E-state index contributed by atoms with van der Waals surface area (Å²) in [6, 6.07) is 5.17. The zero-order valence-corrected chi connectivity index (χ0v) is 20.4. The van der Waals surface area contributed by atoms with Gasteiger partial charge in [-0.25, -0.2) is 14.6 Å². The molecule has 0 unspecified atom stereocenters. The highest BCUT2D eigenvalue weighted by molar-refractivity contribution is 6.05. The maximum absolute atomic E-state index is 13.0. The van der Waals surface area contributed by atoms with Gasteiger partial charge < -0.3 is 14.0 Å². The Labute approximate surface area is 198 Å². The summed E-state index contributed by atoms with van der Waals surface area (Å²) in [5, 5.41) is 0. The number of esters is 2. The molecule has 2 rings (SSSR count). The van der Waals surface area contributed by atoms with Crippen molar-refractivity contribution in [3.8, 4) is 5.69 Å². The zero-order valence-electron chi connectivity index (χ0n) is 20.4. The second-order valence-corrected chi connectivity index (χ2v) is 8.48. The van der Waals surface area contributed by atoms with Crippen LogP contribution in [-0.2, 0) is 9.47 Å². The molecule has 0 aliphatic carbocycles. The molecular formula is C27H40N2O4. The number of aromatic nitrogens is 2.